The summed E-state index contributed by atoms with van der Waals surface area (Å²) in [6, 6.07) is 3.57. The lowest BCUT2D eigenvalue weighted by atomic mass is 10.1. The zero-order valence-corrected chi connectivity index (χ0v) is 12.7. The van der Waals surface area contributed by atoms with E-state index in [4.69, 9.17) is 15.2 Å². The largest absolute Gasteiger partial charge is 0.496 e. The van der Waals surface area contributed by atoms with Crippen molar-refractivity contribution in [3.63, 3.8) is 0 Å². The van der Waals surface area contributed by atoms with Crippen molar-refractivity contribution in [1.29, 1.82) is 0 Å². The van der Waals surface area contributed by atoms with Crippen LogP contribution in [0.15, 0.2) is 12.1 Å². The van der Waals surface area contributed by atoms with Crippen LogP contribution in [0, 0.1) is 0 Å². The lowest BCUT2D eigenvalue weighted by molar-refractivity contribution is -0.130. The van der Waals surface area contributed by atoms with Gasteiger partial charge in [0, 0.05) is 25.6 Å². The normalized spacial score (nSPS) is 10.2. The molecule has 112 valence electrons. The van der Waals surface area contributed by atoms with E-state index >= 15 is 0 Å². The second kappa shape index (κ2) is 7.62. The molecular weight excluding hydrogens is 256 g/mol. The standard InChI is InChI=1S/C15H24N2O3/c1-5-17(6-2)15(18)8-7-11-9-12(16)14(20-4)10-13(11)19-3/h9-10H,5-8,16H2,1-4H3. The molecule has 0 aliphatic carbocycles. The SMILES string of the molecule is CCN(CC)C(=O)CCc1cc(N)c(OC)cc1OC. The fourth-order valence-corrected chi connectivity index (χ4v) is 2.16. The number of nitrogen functional groups attached to an aromatic ring is 1. The summed E-state index contributed by atoms with van der Waals surface area (Å²) in [5, 5.41) is 0. The minimum Gasteiger partial charge on any atom is -0.496 e. The second-order valence-corrected chi connectivity index (χ2v) is 4.47. The summed E-state index contributed by atoms with van der Waals surface area (Å²) in [5.41, 5.74) is 7.37. The molecule has 20 heavy (non-hydrogen) atoms. The van der Waals surface area contributed by atoms with Gasteiger partial charge in [0.15, 0.2) is 0 Å². The number of carbonyl (C=O) groups excluding carboxylic acids is 1. The molecule has 0 heterocycles. The maximum Gasteiger partial charge on any atom is 0.222 e. The first-order valence-electron chi connectivity index (χ1n) is 6.85. The van der Waals surface area contributed by atoms with E-state index in [1.807, 2.05) is 24.8 Å². The summed E-state index contributed by atoms with van der Waals surface area (Å²) in [5.74, 6) is 1.43. The van der Waals surface area contributed by atoms with Crippen LogP contribution >= 0.6 is 0 Å². The van der Waals surface area contributed by atoms with E-state index in [0.717, 1.165) is 18.7 Å². The van der Waals surface area contributed by atoms with Gasteiger partial charge in [0.25, 0.3) is 0 Å². The number of benzene rings is 1. The molecule has 1 rings (SSSR count). The van der Waals surface area contributed by atoms with Crippen molar-refractivity contribution in [3.8, 4) is 11.5 Å². The third-order valence-electron chi connectivity index (χ3n) is 3.36. The van der Waals surface area contributed by atoms with Crippen LogP contribution in [0.4, 0.5) is 5.69 Å². The third-order valence-corrected chi connectivity index (χ3v) is 3.36. The van der Waals surface area contributed by atoms with Crippen molar-refractivity contribution < 1.29 is 14.3 Å². The first-order chi connectivity index (χ1) is 9.57. The van der Waals surface area contributed by atoms with Gasteiger partial charge in [-0.05, 0) is 31.9 Å². The van der Waals surface area contributed by atoms with E-state index in [1.165, 1.54) is 0 Å². The molecule has 0 aliphatic rings. The smallest absolute Gasteiger partial charge is 0.222 e. The van der Waals surface area contributed by atoms with Gasteiger partial charge in [-0.15, -0.1) is 0 Å². The highest BCUT2D eigenvalue weighted by Crippen LogP contribution is 2.31. The summed E-state index contributed by atoms with van der Waals surface area (Å²) in [7, 11) is 3.16. The molecule has 1 amide bonds. The number of aryl methyl sites for hydroxylation is 1. The number of nitrogens with two attached hydrogens (primary N) is 1. The average Bonchev–Trinajstić information content (AvgIpc) is 2.46. The molecule has 0 fully saturated rings. The Bertz CT molecular complexity index is 457. The zero-order chi connectivity index (χ0) is 15.1. The Hall–Kier alpha value is -1.91. The van der Waals surface area contributed by atoms with Crippen molar-refractivity contribution in [2.75, 3.05) is 33.0 Å². The second-order valence-electron chi connectivity index (χ2n) is 4.47. The van der Waals surface area contributed by atoms with Crippen LogP contribution in [-0.2, 0) is 11.2 Å². The number of ether oxygens (including phenoxy) is 2. The van der Waals surface area contributed by atoms with Gasteiger partial charge in [-0.2, -0.15) is 0 Å². The Morgan fingerprint density at radius 3 is 2.25 bits per heavy atom. The predicted octanol–water partition coefficient (Wildman–Crippen LogP) is 2.09. The van der Waals surface area contributed by atoms with E-state index in [1.54, 1.807) is 20.3 Å². The quantitative estimate of drug-likeness (QED) is 0.777. The Morgan fingerprint density at radius 1 is 1.15 bits per heavy atom. The summed E-state index contributed by atoms with van der Waals surface area (Å²) in [4.78, 5) is 13.8. The van der Waals surface area contributed by atoms with Gasteiger partial charge in [0.1, 0.15) is 11.5 Å². The number of carbonyl (C=O) groups is 1. The molecular formula is C15H24N2O3. The van der Waals surface area contributed by atoms with Gasteiger partial charge in [0.05, 0.1) is 19.9 Å². The topological polar surface area (TPSA) is 64.8 Å². The van der Waals surface area contributed by atoms with Crippen LogP contribution in [0.5, 0.6) is 11.5 Å². The Labute approximate surface area is 120 Å². The molecule has 0 atom stereocenters. The number of hydrogen-bond acceptors (Lipinski definition) is 4. The molecule has 1 aromatic carbocycles. The lowest BCUT2D eigenvalue weighted by Crippen LogP contribution is -2.30. The summed E-state index contributed by atoms with van der Waals surface area (Å²) >= 11 is 0. The molecule has 0 radical (unpaired) electrons. The van der Waals surface area contributed by atoms with Crippen molar-refractivity contribution in [2.45, 2.75) is 26.7 Å². The minimum absolute atomic E-state index is 0.145. The predicted molar refractivity (Wildman–Crippen MR) is 80.2 cm³/mol. The van der Waals surface area contributed by atoms with E-state index < -0.39 is 0 Å². The minimum atomic E-state index is 0.145. The number of rotatable bonds is 7. The van der Waals surface area contributed by atoms with Crippen molar-refractivity contribution >= 4 is 11.6 Å². The average molecular weight is 280 g/mol. The molecule has 1 aromatic rings. The van der Waals surface area contributed by atoms with Crippen LogP contribution in [0.25, 0.3) is 0 Å². The molecule has 5 heteroatoms. The van der Waals surface area contributed by atoms with Crippen molar-refractivity contribution in [1.82, 2.24) is 4.90 Å². The highest BCUT2D eigenvalue weighted by molar-refractivity contribution is 5.76. The molecule has 0 aliphatic heterocycles. The lowest BCUT2D eigenvalue weighted by Gasteiger charge is -2.19. The molecule has 5 nitrogen and oxygen atoms in total. The van der Waals surface area contributed by atoms with Gasteiger partial charge < -0.3 is 20.1 Å². The monoisotopic (exact) mass is 280 g/mol. The number of amides is 1. The summed E-state index contributed by atoms with van der Waals surface area (Å²) < 4.78 is 10.5. The summed E-state index contributed by atoms with van der Waals surface area (Å²) in [6.45, 7) is 5.43. The van der Waals surface area contributed by atoms with Crippen LogP contribution in [-0.4, -0.2) is 38.1 Å². The Morgan fingerprint density at radius 2 is 1.75 bits per heavy atom. The third kappa shape index (κ3) is 3.79. The summed E-state index contributed by atoms with van der Waals surface area (Å²) in [6.07, 6.45) is 1.05. The van der Waals surface area contributed by atoms with E-state index in [0.29, 0.717) is 30.0 Å². The molecule has 0 saturated carbocycles. The first-order valence-corrected chi connectivity index (χ1v) is 6.85. The molecule has 0 spiro atoms. The van der Waals surface area contributed by atoms with Crippen molar-refractivity contribution in [3.05, 3.63) is 17.7 Å². The fourth-order valence-electron chi connectivity index (χ4n) is 2.16. The van der Waals surface area contributed by atoms with E-state index in [-0.39, 0.29) is 5.91 Å². The maximum absolute atomic E-state index is 12.0. The number of hydrogen-bond donors (Lipinski definition) is 1. The zero-order valence-electron chi connectivity index (χ0n) is 12.7. The van der Waals surface area contributed by atoms with Gasteiger partial charge in [-0.1, -0.05) is 0 Å². The molecule has 0 aromatic heterocycles. The molecule has 0 saturated heterocycles. The van der Waals surface area contributed by atoms with Crippen LogP contribution in [0.3, 0.4) is 0 Å². The molecule has 2 N–H and O–H groups in total. The van der Waals surface area contributed by atoms with Gasteiger partial charge in [-0.3, -0.25) is 4.79 Å². The molecule has 0 unspecified atom stereocenters. The van der Waals surface area contributed by atoms with Gasteiger partial charge in [0.2, 0.25) is 5.91 Å². The number of nitrogens with zero attached hydrogens (tertiary/aromatic N) is 1. The highest BCUT2D eigenvalue weighted by atomic mass is 16.5. The number of methoxy groups -OCH3 is 2. The number of anilines is 1. The molecule has 0 bridgehead atoms. The highest BCUT2D eigenvalue weighted by Gasteiger charge is 2.13. The van der Waals surface area contributed by atoms with E-state index in [2.05, 4.69) is 0 Å². The van der Waals surface area contributed by atoms with Crippen molar-refractivity contribution in [2.24, 2.45) is 0 Å². The maximum atomic E-state index is 12.0. The van der Waals surface area contributed by atoms with Gasteiger partial charge in [-0.25, -0.2) is 0 Å². The Kier molecular flexibility index (Phi) is 6.15. The van der Waals surface area contributed by atoms with Gasteiger partial charge >= 0.3 is 0 Å². The van der Waals surface area contributed by atoms with E-state index in [9.17, 15) is 4.79 Å². The van der Waals surface area contributed by atoms with Crippen LogP contribution in [0.2, 0.25) is 0 Å². The van der Waals surface area contributed by atoms with Crippen LogP contribution in [0.1, 0.15) is 25.8 Å². The fraction of sp³-hybridized carbons (Fsp3) is 0.533. The Balaban J connectivity index is 2.82. The van der Waals surface area contributed by atoms with Crippen LogP contribution < -0.4 is 15.2 Å². The first kappa shape index (κ1) is 16.1.